The Labute approximate surface area is 82.8 Å². The van der Waals surface area contributed by atoms with Crippen LogP contribution in [0.1, 0.15) is 5.69 Å². The van der Waals surface area contributed by atoms with Crippen LogP contribution >= 0.6 is 22.6 Å². The van der Waals surface area contributed by atoms with E-state index < -0.39 is 0 Å². The number of nitrogens with zero attached hydrogens (tertiary/aromatic N) is 3. The average molecular weight is 269 g/mol. The summed E-state index contributed by atoms with van der Waals surface area (Å²) in [5.41, 5.74) is 1.44. The van der Waals surface area contributed by atoms with Crippen molar-refractivity contribution in [2.75, 3.05) is 0 Å². The number of halogens is 1. The van der Waals surface area contributed by atoms with E-state index in [1.807, 2.05) is 16.5 Å². The Morgan fingerprint density at radius 3 is 3.08 bits per heavy atom. The Bertz CT molecular complexity index is 467. The van der Waals surface area contributed by atoms with Crippen LogP contribution < -0.4 is 0 Å². The van der Waals surface area contributed by atoms with Crippen LogP contribution in [0.5, 0.6) is 0 Å². The SMILES string of the molecule is N#Cc1cccc2ncc(I)n12. The van der Waals surface area contributed by atoms with Gasteiger partial charge < -0.3 is 0 Å². The van der Waals surface area contributed by atoms with E-state index in [0.29, 0.717) is 5.69 Å². The predicted molar refractivity (Wildman–Crippen MR) is 52.6 cm³/mol. The van der Waals surface area contributed by atoms with Gasteiger partial charge in [0.2, 0.25) is 0 Å². The lowest BCUT2D eigenvalue weighted by molar-refractivity contribution is 1.11. The quantitative estimate of drug-likeness (QED) is 0.684. The molecule has 0 unspecified atom stereocenters. The summed E-state index contributed by atoms with van der Waals surface area (Å²) in [6, 6.07) is 7.60. The van der Waals surface area contributed by atoms with Crippen LogP contribution in [0, 0.1) is 15.0 Å². The van der Waals surface area contributed by atoms with Crippen LogP contribution in [0.4, 0.5) is 0 Å². The number of hydrogen-bond acceptors (Lipinski definition) is 2. The van der Waals surface area contributed by atoms with Gasteiger partial charge in [0.05, 0.1) is 6.20 Å². The second-order valence-electron chi connectivity index (χ2n) is 2.30. The van der Waals surface area contributed by atoms with Crippen molar-refractivity contribution in [2.45, 2.75) is 0 Å². The van der Waals surface area contributed by atoms with Crippen LogP contribution in [-0.4, -0.2) is 9.38 Å². The smallest absolute Gasteiger partial charge is 0.138 e. The molecule has 3 nitrogen and oxygen atoms in total. The molecule has 0 saturated carbocycles. The number of aromatic nitrogens is 2. The van der Waals surface area contributed by atoms with E-state index in [1.165, 1.54) is 0 Å². The molecule has 0 bridgehead atoms. The van der Waals surface area contributed by atoms with Crippen molar-refractivity contribution >= 4 is 28.2 Å². The highest BCUT2D eigenvalue weighted by molar-refractivity contribution is 14.1. The highest BCUT2D eigenvalue weighted by atomic mass is 127. The number of rotatable bonds is 0. The topological polar surface area (TPSA) is 41.1 Å². The maximum absolute atomic E-state index is 8.78. The third kappa shape index (κ3) is 0.975. The maximum atomic E-state index is 8.78. The third-order valence-electron chi connectivity index (χ3n) is 1.60. The number of imidazole rings is 1. The summed E-state index contributed by atoms with van der Waals surface area (Å²) < 4.78 is 2.78. The van der Waals surface area contributed by atoms with Gasteiger partial charge in [-0.1, -0.05) is 6.07 Å². The van der Waals surface area contributed by atoms with Crippen molar-refractivity contribution in [3.8, 4) is 6.07 Å². The molecule has 0 aliphatic rings. The minimum absolute atomic E-state index is 0.620. The van der Waals surface area contributed by atoms with Crippen molar-refractivity contribution in [3.05, 3.63) is 33.8 Å². The summed E-state index contributed by atoms with van der Waals surface area (Å²) in [6.45, 7) is 0. The molecule has 0 fully saturated rings. The monoisotopic (exact) mass is 269 g/mol. The number of pyridine rings is 1. The Morgan fingerprint density at radius 1 is 1.50 bits per heavy atom. The molecule has 0 N–H and O–H groups in total. The summed E-state index contributed by atoms with van der Waals surface area (Å²) in [4.78, 5) is 4.13. The van der Waals surface area contributed by atoms with Gasteiger partial charge in [-0.25, -0.2) is 4.98 Å². The zero-order valence-electron chi connectivity index (χ0n) is 6.03. The highest BCUT2D eigenvalue weighted by Gasteiger charge is 2.02. The first-order chi connectivity index (χ1) is 5.83. The predicted octanol–water partition coefficient (Wildman–Crippen LogP) is 1.81. The van der Waals surface area contributed by atoms with E-state index in [2.05, 4.69) is 33.6 Å². The van der Waals surface area contributed by atoms with Crippen LogP contribution in [0.2, 0.25) is 0 Å². The molecule has 12 heavy (non-hydrogen) atoms. The third-order valence-corrected chi connectivity index (χ3v) is 2.36. The lowest BCUT2D eigenvalue weighted by Gasteiger charge is -1.96. The van der Waals surface area contributed by atoms with E-state index in [0.717, 1.165) is 9.35 Å². The first-order valence-corrected chi connectivity index (χ1v) is 4.43. The molecule has 58 valence electrons. The summed E-state index contributed by atoms with van der Waals surface area (Å²) >= 11 is 2.15. The fourth-order valence-corrected chi connectivity index (χ4v) is 1.73. The van der Waals surface area contributed by atoms with Crippen molar-refractivity contribution in [1.29, 1.82) is 5.26 Å². The van der Waals surface area contributed by atoms with Gasteiger partial charge in [-0.05, 0) is 34.7 Å². The summed E-state index contributed by atoms with van der Waals surface area (Å²) in [6.07, 6.45) is 1.75. The van der Waals surface area contributed by atoms with Gasteiger partial charge in [-0.3, -0.25) is 4.40 Å². The molecule has 2 rings (SSSR count). The molecule has 0 amide bonds. The van der Waals surface area contributed by atoms with Crippen LogP contribution in [0.15, 0.2) is 24.4 Å². The largest absolute Gasteiger partial charge is 0.278 e. The van der Waals surface area contributed by atoms with Crippen molar-refractivity contribution in [2.24, 2.45) is 0 Å². The summed E-state index contributed by atoms with van der Waals surface area (Å²) in [5, 5.41) is 8.78. The van der Waals surface area contributed by atoms with Gasteiger partial charge in [0.25, 0.3) is 0 Å². The molecule has 0 aromatic carbocycles. The molecule has 2 aromatic rings. The molecular formula is C8H4IN3. The van der Waals surface area contributed by atoms with Crippen molar-refractivity contribution in [3.63, 3.8) is 0 Å². The molecule has 0 radical (unpaired) electrons. The maximum Gasteiger partial charge on any atom is 0.138 e. The van der Waals surface area contributed by atoms with Crippen molar-refractivity contribution < 1.29 is 0 Å². The zero-order valence-corrected chi connectivity index (χ0v) is 8.19. The van der Waals surface area contributed by atoms with Gasteiger partial charge in [0.15, 0.2) is 0 Å². The minimum atomic E-state index is 0.620. The van der Waals surface area contributed by atoms with E-state index in [1.54, 1.807) is 12.3 Å². The van der Waals surface area contributed by atoms with Gasteiger partial charge in [-0.15, -0.1) is 0 Å². The molecule has 4 heteroatoms. The highest BCUT2D eigenvalue weighted by Crippen LogP contribution is 2.11. The average Bonchev–Trinajstić information content (AvgIpc) is 2.48. The normalized spacial score (nSPS) is 10.0. The minimum Gasteiger partial charge on any atom is -0.278 e. The van der Waals surface area contributed by atoms with E-state index in [9.17, 15) is 0 Å². The molecule has 0 spiro atoms. The number of nitriles is 1. The molecule has 0 aliphatic carbocycles. The molecule has 0 saturated heterocycles. The van der Waals surface area contributed by atoms with Gasteiger partial charge >= 0.3 is 0 Å². The second-order valence-corrected chi connectivity index (χ2v) is 3.40. The number of fused-ring (bicyclic) bond motifs is 1. The van der Waals surface area contributed by atoms with Gasteiger partial charge in [-0.2, -0.15) is 5.26 Å². The summed E-state index contributed by atoms with van der Waals surface area (Å²) in [5.74, 6) is 0. The van der Waals surface area contributed by atoms with Crippen LogP contribution in [0.3, 0.4) is 0 Å². The fraction of sp³-hybridized carbons (Fsp3) is 0. The molecular weight excluding hydrogens is 265 g/mol. The molecule has 2 heterocycles. The molecule has 0 atom stereocenters. The first kappa shape index (κ1) is 7.55. The second kappa shape index (κ2) is 2.75. The Balaban J connectivity index is 2.96. The van der Waals surface area contributed by atoms with E-state index in [4.69, 9.17) is 5.26 Å². The van der Waals surface area contributed by atoms with Crippen LogP contribution in [-0.2, 0) is 0 Å². The van der Waals surface area contributed by atoms with Crippen LogP contribution in [0.25, 0.3) is 5.65 Å². The first-order valence-electron chi connectivity index (χ1n) is 3.35. The Morgan fingerprint density at radius 2 is 2.33 bits per heavy atom. The standard InChI is InChI=1S/C8H4IN3/c9-7-5-11-8-3-1-2-6(4-10)12(7)8/h1-3,5H. The van der Waals surface area contributed by atoms with Gasteiger partial charge in [0, 0.05) is 0 Å². The fourth-order valence-electron chi connectivity index (χ4n) is 1.09. The Hall–Kier alpha value is -1.09. The summed E-state index contributed by atoms with van der Waals surface area (Å²) in [7, 11) is 0. The zero-order chi connectivity index (χ0) is 8.55. The number of hydrogen-bond donors (Lipinski definition) is 0. The van der Waals surface area contributed by atoms with E-state index in [-0.39, 0.29) is 0 Å². The van der Waals surface area contributed by atoms with Crippen molar-refractivity contribution in [1.82, 2.24) is 9.38 Å². The lowest BCUT2D eigenvalue weighted by Crippen LogP contribution is -1.92. The van der Waals surface area contributed by atoms with Gasteiger partial charge in [0.1, 0.15) is 21.1 Å². The molecule has 2 aromatic heterocycles. The lowest BCUT2D eigenvalue weighted by atomic mass is 10.4. The van der Waals surface area contributed by atoms with E-state index >= 15 is 0 Å². The Kier molecular flexibility index (Phi) is 1.73. The molecule has 0 aliphatic heterocycles.